The second kappa shape index (κ2) is 4.99. The van der Waals surface area contributed by atoms with Gasteiger partial charge in [-0.2, -0.15) is 0 Å². The van der Waals surface area contributed by atoms with Crippen molar-refractivity contribution < 1.29 is 4.79 Å². The monoisotopic (exact) mass is 218 g/mol. The summed E-state index contributed by atoms with van der Waals surface area (Å²) in [6.07, 6.45) is 4.59. The first-order chi connectivity index (χ1) is 6.29. The average molecular weight is 219 g/mol. The Bertz CT molecular complexity index is 200. The van der Waals surface area contributed by atoms with Crippen LogP contribution in [0.5, 0.6) is 0 Å². The van der Waals surface area contributed by atoms with Crippen molar-refractivity contribution in [3.8, 4) is 0 Å². The summed E-state index contributed by atoms with van der Waals surface area (Å²) in [5.74, 6) is 0.727. The molecule has 1 saturated heterocycles. The van der Waals surface area contributed by atoms with Crippen LogP contribution in [0.1, 0.15) is 25.7 Å². The number of hydrogen-bond donors (Lipinski definition) is 1. The normalized spacial score (nSPS) is 26.5. The Morgan fingerprint density at radius 3 is 2.50 bits per heavy atom. The summed E-state index contributed by atoms with van der Waals surface area (Å²) in [6, 6.07) is 0.452. The lowest BCUT2D eigenvalue weighted by atomic mass is 9.84. The molecular weight excluding hydrogens is 200 g/mol. The van der Waals surface area contributed by atoms with E-state index in [1.54, 1.807) is 0 Å². The standard InChI is InChI=1S/C10H18N2O.ClH/c1-12(9-5-6-11-7-9)10(13)8-3-2-4-8;/h8-9,11H,2-7H2,1H3;1H/t9-;/m0./s1. The molecule has 1 atom stereocenters. The number of hydrogen-bond acceptors (Lipinski definition) is 2. The Morgan fingerprint density at radius 1 is 1.36 bits per heavy atom. The van der Waals surface area contributed by atoms with Gasteiger partial charge < -0.3 is 10.2 Å². The molecule has 0 aromatic rings. The van der Waals surface area contributed by atoms with Crippen LogP contribution in [0.3, 0.4) is 0 Å². The first kappa shape index (κ1) is 11.8. The number of rotatable bonds is 2. The molecule has 2 fully saturated rings. The summed E-state index contributed by atoms with van der Waals surface area (Å²) in [6.45, 7) is 2.04. The zero-order chi connectivity index (χ0) is 9.26. The fourth-order valence-corrected chi connectivity index (χ4v) is 2.09. The van der Waals surface area contributed by atoms with E-state index in [0.29, 0.717) is 17.9 Å². The van der Waals surface area contributed by atoms with Crippen molar-refractivity contribution in [1.29, 1.82) is 0 Å². The van der Waals surface area contributed by atoms with Crippen LogP contribution in [0, 0.1) is 5.92 Å². The summed E-state index contributed by atoms with van der Waals surface area (Å²) in [7, 11) is 1.96. The van der Waals surface area contributed by atoms with Crippen LogP contribution in [0.2, 0.25) is 0 Å². The molecule has 0 spiro atoms. The molecule has 0 aromatic heterocycles. The van der Waals surface area contributed by atoms with Gasteiger partial charge in [0.05, 0.1) is 0 Å². The number of halogens is 1. The lowest BCUT2D eigenvalue weighted by Gasteiger charge is -2.32. The molecule has 2 rings (SSSR count). The van der Waals surface area contributed by atoms with Crippen LogP contribution in [-0.2, 0) is 4.79 Å². The summed E-state index contributed by atoms with van der Waals surface area (Å²) in [5, 5.41) is 3.29. The van der Waals surface area contributed by atoms with Gasteiger partial charge in [0.1, 0.15) is 0 Å². The highest BCUT2D eigenvalue weighted by Gasteiger charge is 2.31. The fraction of sp³-hybridized carbons (Fsp3) is 0.900. The van der Waals surface area contributed by atoms with Crippen molar-refractivity contribution in [2.24, 2.45) is 5.92 Å². The van der Waals surface area contributed by atoms with Gasteiger partial charge in [-0.1, -0.05) is 6.42 Å². The topological polar surface area (TPSA) is 32.3 Å². The molecule has 1 heterocycles. The molecule has 0 radical (unpaired) electrons. The molecule has 82 valence electrons. The van der Waals surface area contributed by atoms with E-state index in [2.05, 4.69) is 5.32 Å². The first-order valence-electron chi connectivity index (χ1n) is 5.26. The Morgan fingerprint density at radius 2 is 2.07 bits per heavy atom. The molecule has 0 unspecified atom stereocenters. The SMILES string of the molecule is CN(C(=O)C1CCC1)[C@H]1CCNC1.Cl. The summed E-state index contributed by atoms with van der Waals surface area (Å²) in [4.78, 5) is 13.8. The van der Waals surface area contributed by atoms with Crippen LogP contribution in [0.15, 0.2) is 0 Å². The van der Waals surface area contributed by atoms with Gasteiger partial charge in [0, 0.05) is 25.6 Å². The van der Waals surface area contributed by atoms with E-state index in [1.807, 2.05) is 11.9 Å². The number of nitrogens with one attached hydrogen (secondary N) is 1. The zero-order valence-corrected chi connectivity index (χ0v) is 9.48. The Hall–Kier alpha value is -0.280. The van der Waals surface area contributed by atoms with Crippen LogP contribution >= 0.6 is 12.4 Å². The third-order valence-corrected chi connectivity index (χ3v) is 3.38. The predicted octanol–water partition coefficient (Wildman–Crippen LogP) is 1.03. The average Bonchev–Trinajstić information content (AvgIpc) is 2.51. The van der Waals surface area contributed by atoms with E-state index in [4.69, 9.17) is 0 Å². The number of likely N-dealkylation sites (N-methyl/N-ethyl adjacent to an activating group) is 1. The smallest absolute Gasteiger partial charge is 0.225 e. The molecular formula is C10H19ClN2O. The van der Waals surface area contributed by atoms with Crippen LogP contribution in [0.25, 0.3) is 0 Å². The largest absolute Gasteiger partial charge is 0.341 e. The van der Waals surface area contributed by atoms with E-state index in [9.17, 15) is 4.79 Å². The third kappa shape index (κ3) is 2.20. The lowest BCUT2D eigenvalue weighted by molar-refractivity contribution is -0.138. The second-order valence-electron chi connectivity index (χ2n) is 4.22. The maximum atomic E-state index is 11.8. The van der Waals surface area contributed by atoms with Crippen LogP contribution in [0.4, 0.5) is 0 Å². The van der Waals surface area contributed by atoms with E-state index in [1.165, 1.54) is 6.42 Å². The van der Waals surface area contributed by atoms with Crippen molar-refractivity contribution in [2.45, 2.75) is 31.7 Å². The van der Waals surface area contributed by atoms with Gasteiger partial charge in [-0.15, -0.1) is 12.4 Å². The third-order valence-electron chi connectivity index (χ3n) is 3.38. The van der Waals surface area contributed by atoms with E-state index < -0.39 is 0 Å². The minimum absolute atomic E-state index is 0. The zero-order valence-electron chi connectivity index (χ0n) is 8.66. The first-order valence-corrected chi connectivity index (χ1v) is 5.26. The van der Waals surface area contributed by atoms with Gasteiger partial charge in [0.2, 0.25) is 5.91 Å². The highest BCUT2D eigenvalue weighted by molar-refractivity contribution is 5.85. The van der Waals surface area contributed by atoms with Crippen LogP contribution < -0.4 is 5.32 Å². The van der Waals surface area contributed by atoms with E-state index in [0.717, 1.165) is 32.4 Å². The molecule has 1 saturated carbocycles. The van der Waals surface area contributed by atoms with Crippen LogP contribution in [-0.4, -0.2) is 37.0 Å². The van der Waals surface area contributed by atoms with Crippen molar-refractivity contribution >= 4 is 18.3 Å². The number of amides is 1. The molecule has 0 bridgehead atoms. The van der Waals surface area contributed by atoms with Gasteiger partial charge in [-0.05, 0) is 25.8 Å². The molecule has 3 nitrogen and oxygen atoms in total. The minimum atomic E-state index is 0. The molecule has 1 amide bonds. The quantitative estimate of drug-likeness (QED) is 0.751. The van der Waals surface area contributed by atoms with Gasteiger partial charge in [-0.3, -0.25) is 4.79 Å². The highest BCUT2D eigenvalue weighted by Crippen LogP contribution is 2.28. The predicted molar refractivity (Wildman–Crippen MR) is 58.6 cm³/mol. The number of nitrogens with zero attached hydrogens (tertiary/aromatic N) is 1. The van der Waals surface area contributed by atoms with E-state index in [-0.39, 0.29) is 12.4 Å². The minimum Gasteiger partial charge on any atom is -0.341 e. The maximum Gasteiger partial charge on any atom is 0.225 e. The van der Waals surface area contributed by atoms with Gasteiger partial charge >= 0.3 is 0 Å². The summed E-state index contributed by atoms with van der Waals surface area (Å²) < 4.78 is 0. The van der Waals surface area contributed by atoms with Crippen molar-refractivity contribution in [3.63, 3.8) is 0 Å². The molecule has 1 aliphatic carbocycles. The van der Waals surface area contributed by atoms with Gasteiger partial charge in [0.25, 0.3) is 0 Å². The molecule has 4 heteroatoms. The molecule has 1 aliphatic heterocycles. The maximum absolute atomic E-state index is 11.8. The molecule has 14 heavy (non-hydrogen) atoms. The van der Waals surface area contributed by atoms with Crippen molar-refractivity contribution in [2.75, 3.05) is 20.1 Å². The Labute approximate surface area is 91.6 Å². The fourth-order valence-electron chi connectivity index (χ4n) is 2.09. The molecule has 2 aliphatic rings. The number of carbonyl (C=O) groups is 1. The Kier molecular flexibility index (Phi) is 4.20. The van der Waals surface area contributed by atoms with Gasteiger partial charge in [0.15, 0.2) is 0 Å². The molecule has 0 aromatic carbocycles. The lowest BCUT2D eigenvalue weighted by Crippen LogP contribution is -2.43. The highest BCUT2D eigenvalue weighted by atomic mass is 35.5. The Balaban J connectivity index is 0.000000980. The second-order valence-corrected chi connectivity index (χ2v) is 4.22. The van der Waals surface area contributed by atoms with Crippen molar-refractivity contribution in [3.05, 3.63) is 0 Å². The number of carbonyl (C=O) groups excluding carboxylic acids is 1. The summed E-state index contributed by atoms with van der Waals surface area (Å²) >= 11 is 0. The molecule has 1 N–H and O–H groups in total. The van der Waals surface area contributed by atoms with Crippen molar-refractivity contribution in [1.82, 2.24) is 10.2 Å². The van der Waals surface area contributed by atoms with E-state index >= 15 is 0 Å². The summed E-state index contributed by atoms with van der Waals surface area (Å²) in [5.41, 5.74) is 0. The van der Waals surface area contributed by atoms with Gasteiger partial charge in [-0.25, -0.2) is 0 Å².